The molecule has 1 aromatic rings. The number of hydrogen-bond acceptors (Lipinski definition) is 5. The van der Waals surface area contributed by atoms with Crippen molar-refractivity contribution in [3.8, 4) is 0 Å². The Hall–Kier alpha value is -0.710. The smallest absolute Gasteiger partial charge is 0.282 e. The van der Waals surface area contributed by atoms with Crippen molar-refractivity contribution in [2.45, 2.75) is 32.1 Å². The Morgan fingerprint density at radius 1 is 1.29 bits per heavy atom. The lowest BCUT2D eigenvalue weighted by Gasteiger charge is -2.41. The number of aromatic nitrogens is 2. The Kier molecular flexibility index (Phi) is 6.27. The van der Waals surface area contributed by atoms with Gasteiger partial charge in [-0.1, -0.05) is 0 Å². The first-order valence-electron chi connectivity index (χ1n) is 8.00. The molecular formula is C14H26ClN5O3S. The summed E-state index contributed by atoms with van der Waals surface area (Å²) in [6.45, 7) is 6.27. The van der Waals surface area contributed by atoms with E-state index in [0.29, 0.717) is 32.7 Å². The van der Waals surface area contributed by atoms with Gasteiger partial charge in [0.15, 0.2) is 0 Å². The number of halogens is 1. The molecule has 0 amide bonds. The molecule has 3 atom stereocenters. The van der Waals surface area contributed by atoms with Gasteiger partial charge in [-0.15, -0.1) is 12.4 Å². The third-order valence-electron chi connectivity index (χ3n) is 4.36. The lowest BCUT2D eigenvalue weighted by molar-refractivity contribution is -0.0459. The van der Waals surface area contributed by atoms with E-state index in [2.05, 4.69) is 10.3 Å². The van der Waals surface area contributed by atoms with Crippen LogP contribution in [0.25, 0.3) is 0 Å². The minimum Gasteiger partial charge on any atom is -0.373 e. The highest BCUT2D eigenvalue weighted by molar-refractivity contribution is 7.86. The first-order chi connectivity index (χ1) is 10.9. The fourth-order valence-corrected chi connectivity index (χ4v) is 5.25. The molecule has 0 aromatic carbocycles. The number of ether oxygens (including phenoxy) is 1. The zero-order chi connectivity index (χ0) is 16.6. The first-order valence-corrected chi connectivity index (χ1v) is 9.39. The van der Waals surface area contributed by atoms with Crippen molar-refractivity contribution in [2.24, 2.45) is 7.05 Å². The van der Waals surface area contributed by atoms with Gasteiger partial charge in [0.1, 0.15) is 5.82 Å². The van der Waals surface area contributed by atoms with Crippen molar-refractivity contribution >= 4 is 22.6 Å². The molecule has 10 heteroatoms. The molecule has 0 radical (unpaired) electrons. The van der Waals surface area contributed by atoms with Crippen LogP contribution < -0.4 is 5.32 Å². The molecule has 3 unspecified atom stereocenters. The SMILES string of the molecule is CC1CN(S(=O)(=O)N2CCNCC2c2nccn2C)CC(C)O1.Cl. The Morgan fingerprint density at radius 2 is 1.96 bits per heavy atom. The van der Waals surface area contributed by atoms with E-state index in [1.165, 1.54) is 0 Å². The van der Waals surface area contributed by atoms with Crippen molar-refractivity contribution in [3.63, 3.8) is 0 Å². The van der Waals surface area contributed by atoms with Crippen molar-refractivity contribution in [3.05, 3.63) is 18.2 Å². The van der Waals surface area contributed by atoms with E-state index in [9.17, 15) is 8.42 Å². The summed E-state index contributed by atoms with van der Waals surface area (Å²) in [5.41, 5.74) is 0. The molecule has 0 spiro atoms. The molecule has 138 valence electrons. The first kappa shape index (κ1) is 19.6. The maximum Gasteiger partial charge on any atom is 0.282 e. The molecule has 2 fully saturated rings. The number of aryl methyl sites for hydroxylation is 1. The van der Waals surface area contributed by atoms with Gasteiger partial charge in [-0.05, 0) is 13.8 Å². The second kappa shape index (κ2) is 7.67. The predicted octanol–water partition coefficient (Wildman–Crippen LogP) is 0.142. The highest BCUT2D eigenvalue weighted by atomic mass is 35.5. The van der Waals surface area contributed by atoms with Crippen LogP contribution in [0.3, 0.4) is 0 Å². The number of piperazine rings is 1. The molecule has 0 saturated carbocycles. The predicted molar refractivity (Wildman–Crippen MR) is 93.3 cm³/mol. The molecule has 1 N–H and O–H groups in total. The van der Waals surface area contributed by atoms with E-state index in [1.807, 2.05) is 31.7 Å². The Balaban J connectivity index is 0.00000208. The van der Waals surface area contributed by atoms with E-state index < -0.39 is 10.2 Å². The van der Waals surface area contributed by atoms with E-state index in [-0.39, 0.29) is 30.7 Å². The zero-order valence-corrected chi connectivity index (χ0v) is 15.9. The van der Waals surface area contributed by atoms with Gasteiger partial charge in [0, 0.05) is 52.2 Å². The summed E-state index contributed by atoms with van der Waals surface area (Å²) in [7, 11) is -1.66. The largest absolute Gasteiger partial charge is 0.373 e. The number of nitrogens with zero attached hydrogens (tertiary/aromatic N) is 4. The molecule has 3 heterocycles. The third kappa shape index (κ3) is 3.76. The van der Waals surface area contributed by atoms with Crippen LogP contribution in [0.1, 0.15) is 25.7 Å². The molecular weight excluding hydrogens is 354 g/mol. The molecule has 2 aliphatic rings. The number of rotatable bonds is 3. The van der Waals surface area contributed by atoms with Gasteiger partial charge in [0.05, 0.1) is 18.2 Å². The summed E-state index contributed by atoms with van der Waals surface area (Å²) in [5, 5.41) is 3.27. The number of nitrogens with one attached hydrogen (secondary N) is 1. The standard InChI is InChI=1S/C14H25N5O3S.ClH/c1-11-9-18(10-12(2)22-11)23(20,21)19-7-4-15-8-13(19)14-16-5-6-17(14)3;/h5-6,11-13,15H,4,7-10H2,1-3H3;1H. The Labute approximate surface area is 149 Å². The zero-order valence-electron chi connectivity index (χ0n) is 14.3. The monoisotopic (exact) mass is 379 g/mol. The van der Waals surface area contributed by atoms with Crippen LogP contribution in [-0.2, 0) is 22.0 Å². The van der Waals surface area contributed by atoms with Crippen LogP contribution in [0.4, 0.5) is 0 Å². The normalized spacial score (nSPS) is 30.0. The Bertz CT molecular complexity index is 643. The van der Waals surface area contributed by atoms with Crippen molar-refractivity contribution in [2.75, 3.05) is 32.7 Å². The van der Waals surface area contributed by atoms with Crippen LogP contribution in [0.5, 0.6) is 0 Å². The van der Waals surface area contributed by atoms with Crippen LogP contribution >= 0.6 is 12.4 Å². The van der Waals surface area contributed by atoms with Gasteiger partial charge in [-0.25, -0.2) is 4.98 Å². The van der Waals surface area contributed by atoms with Gasteiger partial charge in [-0.2, -0.15) is 17.0 Å². The maximum atomic E-state index is 13.2. The number of morpholine rings is 1. The van der Waals surface area contributed by atoms with Gasteiger partial charge in [0.2, 0.25) is 0 Å². The fourth-order valence-electron chi connectivity index (χ4n) is 3.35. The highest BCUT2D eigenvalue weighted by Gasteiger charge is 2.41. The maximum absolute atomic E-state index is 13.2. The molecule has 24 heavy (non-hydrogen) atoms. The van der Waals surface area contributed by atoms with Crippen LogP contribution in [0.15, 0.2) is 12.4 Å². The summed E-state index contributed by atoms with van der Waals surface area (Å²) in [5.74, 6) is 0.759. The van der Waals surface area contributed by atoms with Crippen molar-refractivity contribution in [1.82, 2.24) is 23.5 Å². The van der Waals surface area contributed by atoms with Crippen LogP contribution in [0.2, 0.25) is 0 Å². The van der Waals surface area contributed by atoms with Crippen LogP contribution in [-0.4, -0.2) is 71.5 Å². The van der Waals surface area contributed by atoms with Crippen molar-refractivity contribution in [1.29, 1.82) is 0 Å². The molecule has 0 aliphatic carbocycles. The van der Waals surface area contributed by atoms with Gasteiger partial charge in [0.25, 0.3) is 10.2 Å². The minimum absolute atomic E-state index is 0. The quantitative estimate of drug-likeness (QED) is 0.808. The second-order valence-electron chi connectivity index (χ2n) is 6.31. The average molecular weight is 380 g/mol. The average Bonchev–Trinajstić information content (AvgIpc) is 2.92. The Morgan fingerprint density at radius 3 is 2.54 bits per heavy atom. The molecule has 3 rings (SSSR count). The van der Waals surface area contributed by atoms with E-state index >= 15 is 0 Å². The van der Waals surface area contributed by atoms with E-state index in [4.69, 9.17) is 4.74 Å². The second-order valence-corrected chi connectivity index (χ2v) is 8.19. The third-order valence-corrected chi connectivity index (χ3v) is 6.34. The molecule has 1 aromatic heterocycles. The van der Waals surface area contributed by atoms with Gasteiger partial charge in [-0.3, -0.25) is 0 Å². The molecule has 8 nitrogen and oxygen atoms in total. The van der Waals surface area contributed by atoms with Gasteiger partial charge >= 0.3 is 0 Å². The summed E-state index contributed by atoms with van der Waals surface area (Å²) in [6.07, 6.45) is 3.35. The van der Waals surface area contributed by atoms with E-state index in [0.717, 1.165) is 5.82 Å². The number of imidazole rings is 1. The molecule has 0 bridgehead atoms. The molecule has 2 aliphatic heterocycles. The highest BCUT2D eigenvalue weighted by Crippen LogP contribution is 2.27. The summed E-state index contributed by atoms with van der Waals surface area (Å²) >= 11 is 0. The summed E-state index contributed by atoms with van der Waals surface area (Å²) in [6, 6.07) is -0.290. The number of hydrogen-bond donors (Lipinski definition) is 1. The van der Waals surface area contributed by atoms with Crippen molar-refractivity contribution < 1.29 is 13.2 Å². The lowest BCUT2D eigenvalue weighted by atomic mass is 10.2. The topological polar surface area (TPSA) is 79.7 Å². The summed E-state index contributed by atoms with van der Waals surface area (Å²) < 4.78 is 37.0. The molecule has 2 saturated heterocycles. The summed E-state index contributed by atoms with van der Waals surface area (Å²) in [4.78, 5) is 4.35. The minimum atomic E-state index is -3.55. The van der Waals surface area contributed by atoms with Crippen LogP contribution in [0, 0.1) is 0 Å². The lowest BCUT2D eigenvalue weighted by Crippen LogP contribution is -2.57. The van der Waals surface area contributed by atoms with Gasteiger partial charge < -0.3 is 14.6 Å². The van der Waals surface area contributed by atoms with E-state index in [1.54, 1.807) is 14.8 Å². The fraction of sp³-hybridized carbons (Fsp3) is 0.786.